The van der Waals surface area contributed by atoms with Gasteiger partial charge in [0, 0.05) is 24.1 Å². The normalized spacial score (nSPS) is 24.1. The van der Waals surface area contributed by atoms with E-state index in [0.29, 0.717) is 17.5 Å². The second-order valence-electron chi connectivity index (χ2n) is 6.75. The number of cyclic esters (lactones) is 1. The van der Waals surface area contributed by atoms with Crippen LogP contribution in [0.3, 0.4) is 0 Å². The molecule has 0 spiro atoms. The van der Waals surface area contributed by atoms with Crippen molar-refractivity contribution in [2.75, 3.05) is 7.05 Å². The number of oxime groups is 1. The summed E-state index contributed by atoms with van der Waals surface area (Å²) >= 11 is 0. The molecule has 1 saturated heterocycles. The van der Waals surface area contributed by atoms with Crippen molar-refractivity contribution in [3.8, 4) is 0 Å². The van der Waals surface area contributed by atoms with Gasteiger partial charge in [-0.15, -0.1) is 0 Å². The molecule has 0 bridgehead atoms. The number of ether oxygens (including phenoxy) is 1. The van der Waals surface area contributed by atoms with Crippen LogP contribution in [0.25, 0.3) is 0 Å². The van der Waals surface area contributed by atoms with Crippen molar-refractivity contribution in [1.82, 2.24) is 4.90 Å². The molecular weight excluding hydrogens is 301 g/mol. The Kier molecular flexibility index (Phi) is 4.34. The molecule has 1 heterocycles. The van der Waals surface area contributed by atoms with Crippen molar-refractivity contribution in [3.63, 3.8) is 0 Å². The number of likely N-dealkylation sites (N-methyl/N-ethyl adjacent to an activating group) is 1. The highest BCUT2D eigenvalue weighted by molar-refractivity contribution is 5.97. The number of benzene rings is 1. The summed E-state index contributed by atoms with van der Waals surface area (Å²) in [5.74, 6) is -0.939. The molecule has 126 valence electrons. The van der Waals surface area contributed by atoms with E-state index in [2.05, 4.69) is 5.16 Å². The Morgan fingerprint density at radius 2 is 2.13 bits per heavy atom. The average molecular weight is 323 g/mol. The highest BCUT2D eigenvalue weighted by Gasteiger charge is 2.51. The summed E-state index contributed by atoms with van der Waals surface area (Å²) in [6, 6.07) is 4.34. The van der Waals surface area contributed by atoms with Gasteiger partial charge in [0.05, 0.1) is 0 Å². The molecule has 1 aromatic carbocycles. The van der Waals surface area contributed by atoms with Gasteiger partial charge in [-0.2, -0.15) is 0 Å². The van der Waals surface area contributed by atoms with Gasteiger partial charge in [-0.3, -0.25) is 9.69 Å². The quantitative estimate of drug-likeness (QED) is 0.290. The van der Waals surface area contributed by atoms with Gasteiger partial charge in [0.1, 0.15) is 17.0 Å². The average Bonchev–Trinajstić information content (AvgIpc) is 2.68. The van der Waals surface area contributed by atoms with Crippen molar-refractivity contribution in [2.45, 2.75) is 44.9 Å². The van der Waals surface area contributed by atoms with E-state index in [-0.39, 0.29) is 18.3 Å². The van der Waals surface area contributed by atoms with Crippen LogP contribution in [0, 0.1) is 5.82 Å². The summed E-state index contributed by atoms with van der Waals surface area (Å²) in [4.78, 5) is 14.0. The van der Waals surface area contributed by atoms with Crippen LogP contribution >= 0.6 is 0 Å². The Bertz CT molecular complexity index is 660. The van der Waals surface area contributed by atoms with Crippen molar-refractivity contribution >= 4 is 11.8 Å². The number of nitrogens with zero attached hydrogens (tertiary/aromatic N) is 2. The van der Waals surface area contributed by atoms with E-state index >= 15 is 0 Å². The standard InChI is InChI=1S/C16H22FN3O3/c1-15(2)9-16(3,14(21)23-15)20(4)8-11-6-5-10(7-12(11)17)13(18)19-22/h5-7,22H,8-9H2,1-4H3,(H2,18,19). The first-order valence-electron chi connectivity index (χ1n) is 7.30. The molecule has 2 rings (SSSR count). The van der Waals surface area contributed by atoms with Crippen LogP contribution in [0.1, 0.15) is 38.3 Å². The van der Waals surface area contributed by atoms with Crippen LogP contribution in [-0.4, -0.2) is 40.1 Å². The lowest BCUT2D eigenvalue weighted by Gasteiger charge is -2.32. The lowest BCUT2D eigenvalue weighted by atomic mass is 9.90. The fourth-order valence-corrected chi connectivity index (χ4v) is 2.91. The van der Waals surface area contributed by atoms with E-state index < -0.39 is 17.0 Å². The number of carbonyl (C=O) groups is 1. The maximum atomic E-state index is 14.2. The molecule has 0 saturated carbocycles. The minimum absolute atomic E-state index is 0.156. The van der Waals surface area contributed by atoms with E-state index in [9.17, 15) is 9.18 Å². The van der Waals surface area contributed by atoms with Crippen molar-refractivity contribution in [3.05, 3.63) is 35.1 Å². The Labute approximate surface area is 134 Å². The summed E-state index contributed by atoms with van der Waals surface area (Å²) < 4.78 is 19.6. The number of nitrogens with two attached hydrogens (primary N) is 1. The van der Waals surface area contributed by atoms with Crippen LogP contribution in [-0.2, 0) is 16.1 Å². The fourth-order valence-electron chi connectivity index (χ4n) is 2.91. The third-order valence-electron chi connectivity index (χ3n) is 4.29. The van der Waals surface area contributed by atoms with E-state index in [1.165, 1.54) is 6.07 Å². The Hall–Kier alpha value is -2.15. The van der Waals surface area contributed by atoms with E-state index in [4.69, 9.17) is 15.7 Å². The van der Waals surface area contributed by atoms with Gasteiger partial charge >= 0.3 is 5.97 Å². The number of amidine groups is 1. The minimum Gasteiger partial charge on any atom is -0.458 e. The molecule has 0 radical (unpaired) electrons. The summed E-state index contributed by atoms with van der Waals surface area (Å²) in [6.07, 6.45) is 0.527. The number of hydrogen-bond donors (Lipinski definition) is 2. The van der Waals surface area contributed by atoms with Gasteiger partial charge in [0.25, 0.3) is 0 Å². The molecule has 1 aliphatic heterocycles. The molecule has 1 aromatic rings. The first-order valence-corrected chi connectivity index (χ1v) is 7.30. The maximum absolute atomic E-state index is 14.2. The Morgan fingerprint density at radius 3 is 2.61 bits per heavy atom. The number of carbonyl (C=O) groups excluding carboxylic acids is 1. The molecule has 7 heteroatoms. The minimum atomic E-state index is -0.805. The molecule has 0 aromatic heterocycles. The molecule has 1 fully saturated rings. The molecule has 6 nitrogen and oxygen atoms in total. The van der Waals surface area contributed by atoms with Gasteiger partial charge in [0.2, 0.25) is 0 Å². The zero-order valence-electron chi connectivity index (χ0n) is 13.8. The first kappa shape index (κ1) is 17.2. The van der Waals surface area contributed by atoms with Crippen molar-refractivity contribution < 1.29 is 19.1 Å². The summed E-state index contributed by atoms with van der Waals surface area (Å²) in [5.41, 5.74) is 4.82. The second kappa shape index (κ2) is 5.81. The monoisotopic (exact) mass is 323 g/mol. The van der Waals surface area contributed by atoms with Gasteiger partial charge < -0.3 is 15.7 Å². The smallest absolute Gasteiger partial charge is 0.326 e. The molecule has 0 amide bonds. The van der Waals surface area contributed by atoms with Crippen LogP contribution in [0.15, 0.2) is 23.4 Å². The SMILES string of the molecule is CN(Cc1ccc(C(N)=NO)cc1F)C1(C)CC(C)(C)OC1=O. The van der Waals surface area contributed by atoms with Gasteiger partial charge in [-0.1, -0.05) is 17.3 Å². The van der Waals surface area contributed by atoms with Crippen LogP contribution in [0.2, 0.25) is 0 Å². The number of rotatable bonds is 4. The Balaban J connectivity index is 2.21. The molecule has 3 N–H and O–H groups in total. The molecule has 0 aliphatic carbocycles. The largest absolute Gasteiger partial charge is 0.458 e. The number of hydrogen-bond acceptors (Lipinski definition) is 5. The van der Waals surface area contributed by atoms with Gasteiger partial charge in [-0.25, -0.2) is 4.39 Å². The molecular formula is C16H22FN3O3. The predicted molar refractivity (Wildman–Crippen MR) is 83.6 cm³/mol. The maximum Gasteiger partial charge on any atom is 0.326 e. The van der Waals surface area contributed by atoms with E-state index in [1.54, 1.807) is 31.0 Å². The van der Waals surface area contributed by atoms with Crippen LogP contribution in [0.4, 0.5) is 4.39 Å². The second-order valence-corrected chi connectivity index (χ2v) is 6.75. The number of esters is 1. The summed E-state index contributed by atoms with van der Waals surface area (Å²) in [7, 11) is 1.76. The number of halogens is 1. The highest BCUT2D eigenvalue weighted by atomic mass is 19.1. The highest BCUT2D eigenvalue weighted by Crippen LogP contribution is 2.37. The van der Waals surface area contributed by atoms with E-state index in [0.717, 1.165) is 0 Å². The molecule has 1 atom stereocenters. The van der Waals surface area contributed by atoms with E-state index in [1.807, 2.05) is 13.8 Å². The summed E-state index contributed by atoms with van der Waals surface area (Å²) in [5, 5.41) is 11.5. The zero-order chi connectivity index (χ0) is 17.4. The predicted octanol–water partition coefficient (Wildman–Crippen LogP) is 1.84. The third-order valence-corrected chi connectivity index (χ3v) is 4.29. The zero-order valence-corrected chi connectivity index (χ0v) is 13.8. The van der Waals surface area contributed by atoms with Crippen molar-refractivity contribution in [2.24, 2.45) is 10.9 Å². The molecule has 1 unspecified atom stereocenters. The van der Waals surface area contributed by atoms with Crippen molar-refractivity contribution in [1.29, 1.82) is 0 Å². The molecule has 23 heavy (non-hydrogen) atoms. The van der Waals surface area contributed by atoms with Crippen LogP contribution in [0.5, 0.6) is 0 Å². The lowest BCUT2D eigenvalue weighted by molar-refractivity contribution is -0.152. The molecule has 1 aliphatic rings. The first-order chi connectivity index (χ1) is 10.6. The summed E-state index contributed by atoms with van der Waals surface area (Å²) in [6.45, 7) is 5.75. The lowest BCUT2D eigenvalue weighted by Crippen LogP contribution is -2.47. The third kappa shape index (κ3) is 3.29. The Morgan fingerprint density at radius 1 is 1.48 bits per heavy atom. The van der Waals surface area contributed by atoms with Gasteiger partial charge in [0.15, 0.2) is 5.84 Å². The fraction of sp³-hybridized carbons (Fsp3) is 0.500. The van der Waals surface area contributed by atoms with Gasteiger partial charge in [-0.05, 0) is 33.9 Å². The van der Waals surface area contributed by atoms with Crippen LogP contribution < -0.4 is 5.73 Å². The topological polar surface area (TPSA) is 88.2 Å².